The molecule has 0 fully saturated rings. The van der Waals surface area contributed by atoms with Crippen LogP contribution >= 0.6 is 0 Å². The molecule has 2 aromatic carbocycles. The monoisotopic (exact) mass is 384 g/mol. The first-order valence-corrected chi connectivity index (χ1v) is 9.52. The molecule has 0 saturated carbocycles. The molecular weight excluding hydrogens is 363 g/mol. The van der Waals surface area contributed by atoms with Crippen molar-refractivity contribution in [1.29, 1.82) is 0 Å². The molecule has 2 aromatic heterocycles. The molecule has 0 radical (unpaired) electrons. The van der Waals surface area contributed by atoms with Gasteiger partial charge < -0.3 is 5.32 Å². The fourth-order valence-electron chi connectivity index (χ4n) is 3.17. The molecule has 0 bridgehead atoms. The zero-order valence-corrected chi connectivity index (χ0v) is 16.1. The first-order valence-electron chi connectivity index (χ1n) is 9.52. The van der Waals surface area contributed by atoms with Gasteiger partial charge >= 0.3 is 0 Å². The molecule has 4 nitrogen and oxygen atoms in total. The van der Waals surface area contributed by atoms with Gasteiger partial charge in [0.25, 0.3) is 0 Å². The number of anilines is 1. The van der Waals surface area contributed by atoms with E-state index in [-0.39, 0.29) is 5.82 Å². The maximum Gasteiger partial charge on any atom is 0.130 e. The van der Waals surface area contributed by atoms with E-state index in [0.29, 0.717) is 5.82 Å². The molecule has 0 aliphatic heterocycles. The van der Waals surface area contributed by atoms with Crippen LogP contribution in [0.2, 0.25) is 0 Å². The van der Waals surface area contributed by atoms with Crippen LogP contribution in [0.4, 0.5) is 10.2 Å². The summed E-state index contributed by atoms with van der Waals surface area (Å²) >= 11 is 0. The van der Waals surface area contributed by atoms with Gasteiger partial charge in [0, 0.05) is 36.1 Å². The Morgan fingerprint density at radius 3 is 2.38 bits per heavy atom. The number of rotatable bonds is 6. The van der Waals surface area contributed by atoms with Gasteiger partial charge in [0.05, 0.1) is 5.69 Å². The van der Waals surface area contributed by atoms with E-state index in [4.69, 9.17) is 0 Å². The van der Waals surface area contributed by atoms with Gasteiger partial charge in [-0.1, -0.05) is 42.5 Å². The van der Waals surface area contributed by atoms with Gasteiger partial charge in [-0.15, -0.1) is 0 Å². The van der Waals surface area contributed by atoms with Gasteiger partial charge in [-0.2, -0.15) is 0 Å². The predicted molar refractivity (Wildman–Crippen MR) is 114 cm³/mol. The normalized spacial score (nSPS) is 10.7. The quantitative estimate of drug-likeness (QED) is 0.490. The van der Waals surface area contributed by atoms with Crippen molar-refractivity contribution in [3.8, 4) is 22.4 Å². The molecule has 0 amide bonds. The van der Waals surface area contributed by atoms with Crippen molar-refractivity contribution < 1.29 is 4.39 Å². The molecule has 1 N–H and O–H groups in total. The van der Waals surface area contributed by atoms with E-state index in [2.05, 4.69) is 32.4 Å². The Kier molecular flexibility index (Phi) is 5.56. The smallest absolute Gasteiger partial charge is 0.130 e. The molecule has 4 rings (SSSR count). The largest absolute Gasteiger partial charge is 0.370 e. The summed E-state index contributed by atoms with van der Waals surface area (Å²) in [5.74, 6) is 1.23. The highest BCUT2D eigenvalue weighted by molar-refractivity contribution is 5.71. The fourth-order valence-corrected chi connectivity index (χ4v) is 3.17. The van der Waals surface area contributed by atoms with Gasteiger partial charge in [0.1, 0.15) is 17.5 Å². The number of aryl methyl sites for hydroxylation is 1. The van der Waals surface area contributed by atoms with E-state index >= 15 is 0 Å². The Hall–Kier alpha value is -3.60. The Labute approximate surface area is 169 Å². The summed E-state index contributed by atoms with van der Waals surface area (Å²) in [6.45, 7) is 2.66. The maximum absolute atomic E-state index is 13.2. The SMILES string of the molecule is Cc1nc(NCCc2ccccc2)cc(-c2cncc(-c3ccc(F)cc3)c2)n1. The minimum Gasteiger partial charge on any atom is -0.370 e. The van der Waals surface area contributed by atoms with E-state index in [0.717, 1.165) is 41.2 Å². The number of hydrogen-bond donors (Lipinski definition) is 1. The van der Waals surface area contributed by atoms with Crippen LogP contribution in [0.5, 0.6) is 0 Å². The number of hydrogen-bond acceptors (Lipinski definition) is 4. The second-order valence-corrected chi connectivity index (χ2v) is 6.82. The topological polar surface area (TPSA) is 50.7 Å². The molecule has 4 aromatic rings. The third kappa shape index (κ3) is 4.82. The zero-order valence-electron chi connectivity index (χ0n) is 16.1. The number of pyridine rings is 1. The number of benzene rings is 2. The summed E-state index contributed by atoms with van der Waals surface area (Å²) in [6, 6.07) is 20.7. The molecule has 0 atom stereocenters. The van der Waals surface area contributed by atoms with Crippen molar-refractivity contribution in [3.63, 3.8) is 0 Å². The van der Waals surface area contributed by atoms with Gasteiger partial charge in [-0.25, -0.2) is 14.4 Å². The summed E-state index contributed by atoms with van der Waals surface area (Å²) in [5, 5.41) is 3.38. The Bertz CT molecular complexity index is 1100. The lowest BCUT2D eigenvalue weighted by Crippen LogP contribution is -2.07. The lowest BCUT2D eigenvalue weighted by molar-refractivity contribution is 0.628. The molecule has 0 aliphatic carbocycles. The molecule has 5 heteroatoms. The fraction of sp³-hybridized carbons (Fsp3) is 0.125. The predicted octanol–water partition coefficient (Wildman–Crippen LogP) is 5.31. The molecule has 0 spiro atoms. The number of aromatic nitrogens is 3. The highest BCUT2D eigenvalue weighted by atomic mass is 19.1. The Balaban J connectivity index is 1.54. The lowest BCUT2D eigenvalue weighted by Gasteiger charge is -2.10. The summed E-state index contributed by atoms with van der Waals surface area (Å²) in [4.78, 5) is 13.4. The molecule has 0 saturated heterocycles. The first kappa shape index (κ1) is 18.7. The summed E-state index contributed by atoms with van der Waals surface area (Å²) in [5.41, 5.74) is 4.80. The minimum absolute atomic E-state index is 0.254. The summed E-state index contributed by atoms with van der Waals surface area (Å²) < 4.78 is 13.2. The van der Waals surface area contributed by atoms with Crippen molar-refractivity contribution in [2.24, 2.45) is 0 Å². The van der Waals surface area contributed by atoms with Crippen LogP contribution in [0.15, 0.2) is 79.1 Å². The summed E-state index contributed by atoms with van der Waals surface area (Å²) in [7, 11) is 0. The van der Waals surface area contributed by atoms with Crippen LogP contribution in [0.25, 0.3) is 22.4 Å². The second-order valence-electron chi connectivity index (χ2n) is 6.82. The van der Waals surface area contributed by atoms with E-state index in [1.807, 2.05) is 37.3 Å². The van der Waals surface area contributed by atoms with Gasteiger partial charge in [0.15, 0.2) is 0 Å². The number of halogens is 1. The number of nitrogens with zero attached hydrogens (tertiary/aromatic N) is 3. The van der Waals surface area contributed by atoms with E-state index in [1.165, 1.54) is 17.7 Å². The second kappa shape index (κ2) is 8.61. The van der Waals surface area contributed by atoms with Crippen LogP contribution in [0.3, 0.4) is 0 Å². The van der Waals surface area contributed by atoms with E-state index in [1.54, 1.807) is 24.5 Å². The van der Waals surface area contributed by atoms with Gasteiger partial charge in [-0.3, -0.25) is 4.98 Å². The highest BCUT2D eigenvalue weighted by Gasteiger charge is 2.07. The van der Waals surface area contributed by atoms with Gasteiger partial charge in [-0.05, 0) is 42.7 Å². The highest BCUT2D eigenvalue weighted by Crippen LogP contribution is 2.25. The maximum atomic E-state index is 13.2. The standard InChI is InChI=1S/C24H21FN4/c1-17-28-23(14-24(29-17)27-12-11-18-5-3-2-4-6-18)21-13-20(15-26-16-21)19-7-9-22(25)10-8-19/h2-10,13-16H,11-12H2,1H3,(H,27,28,29). The molecule has 0 aliphatic rings. The van der Waals surface area contributed by atoms with Crippen molar-refractivity contribution in [2.75, 3.05) is 11.9 Å². The molecule has 0 unspecified atom stereocenters. The van der Waals surface area contributed by atoms with Crippen LogP contribution in [0.1, 0.15) is 11.4 Å². The average molecular weight is 384 g/mol. The molecule has 144 valence electrons. The van der Waals surface area contributed by atoms with E-state index < -0.39 is 0 Å². The first-order chi connectivity index (χ1) is 14.2. The number of nitrogens with one attached hydrogen (secondary N) is 1. The third-order valence-corrected chi connectivity index (χ3v) is 4.61. The Morgan fingerprint density at radius 1 is 0.828 bits per heavy atom. The van der Waals surface area contributed by atoms with Gasteiger partial charge in [0.2, 0.25) is 0 Å². The van der Waals surface area contributed by atoms with Crippen LogP contribution in [0, 0.1) is 12.7 Å². The average Bonchev–Trinajstić information content (AvgIpc) is 2.75. The Morgan fingerprint density at radius 2 is 1.59 bits per heavy atom. The lowest BCUT2D eigenvalue weighted by atomic mass is 10.0. The van der Waals surface area contributed by atoms with Crippen molar-refractivity contribution >= 4 is 5.82 Å². The molecule has 29 heavy (non-hydrogen) atoms. The van der Waals surface area contributed by atoms with Crippen LogP contribution in [-0.2, 0) is 6.42 Å². The zero-order chi connectivity index (χ0) is 20.1. The summed E-state index contributed by atoms with van der Waals surface area (Å²) in [6.07, 6.45) is 4.47. The third-order valence-electron chi connectivity index (χ3n) is 4.61. The van der Waals surface area contributed by atoms with Crippen molar-refractivity contribution in [1.82, 2.24) is 15.0 Å². The van der Waals surface area contributed by atoms with Crippen molar-refractivity contribution in [2.45, 2.75) is 13.3 Å². The van der Waals surface area contributed by atoms with Crippen LogP contribution < -0.4 is 5.32 Å². The minimum atomic E-state index is -0.254. The van der Waals surface area contributed by atoms with E-state index in [9.17, 15) is 4.39 Å². The van der Waals surface area contributed by atoms with Crippen LogP contribution in [-0.4, -0.2) is 21.5 Å². The molecule has 2 heterocycles. The molecular formula is C24H21FN4. The van der Waals surface area contributed by atoms with Crippen molar-refractivity contribution in [3.05, 3.63) is 96.3 Å².